The van der Waals surface area contributed by atoms with Crippen molar-refractivity contribution in [3.05, 3.63) is 6.61 Å². The summed E-state index contributed by atoms with van der Waals surface area (Å²) in [5, 5.41) is 3.37. The van der Waals surface area contributed by atoms with E-state index in [4.69, 9.17) is 4.74 Å². The summed E-state index contributed by atoms with van der Waals surface area (Å²) < 4.78 is 5.53. The zero-order chi connectivity index (χ0) is 8.32. The molecule has 1 saturated heterocycles. The fourth-order valence-electron chi connectivity index (χ4n) is 1.14. The van der Waals surface area contributed by atoms with E-state index < -0.39 is 0 Å². The molecule has 0 aromatic rings. The van der Waals surface area contributed by atoms with E-state index in [1.54, 1.807) is 0 Å². The Morgan fingerprint density at radius 1 is 1.45 bits per heavy atom. The minimum Gasteiger partial charge on any atom is -0.357 e. The predicted molar refractivity (Wildman–Crippen MR) is 45.9 cm³/mol. The van der Waals surface area contributed by atoms with Gasteiger partial charge in [-0.1, -0.05) is 20.8 Å². The van der Waals surface area contributed by atoms with Crippen molar-refractivity contribution in [2.45, 2.75) is 39.8 Å². The molecular weight excluding hydrogens is 138 g/mol. The van der Waals surface area contributed by atoms with Crippen molar-refractivity contribution in [2.75, 3.05) is 6.54 Å². The molecule has 11 heavy (non-hydrogen) atoms. The van der Waals surface area contributed by atoms with Crippen molar-refractivity contribution < 1.29 is 4.74 Å². The van der Waals surface area contributed by atoms with Gasteiger partial charge < -0.3 is 4.74 Å². The predicted octanol–water partition coefficient (Wildman–Crippen LogP) is 1.92. The van der Waals surface area contributed by atoms with Crippen LogP contribution in [-0.4, -0.2) is 12.8 Å². The Hall–Kier alpha value is -0.0800. The molecule has 2 heteroatoms. The average molecular weight is 156 g/mol. The monoisotopic (exact) mass is 156 g/mol. The lowest BCUT2D eigenvalue weighted by Gasteiger charge is -2.29. The maximum atomic E-state index is 5.53. The Kier molecular flexibility index (Phi) is 2.90. The van der Waals surface area contributed by atoms with Crippen molar-refractivity contribution in [2.24, 2.45) is 5.41 Å². The quantitative estimate of drug-likeness (QED) is 0.578. The van der Waals surface area contributed by atoms with Gasteiger partial charge in [0.2, 0.25) is 0 Å². The standard InChI is InChI=1S/C9H18NO/c1-9(2,3)8-10-6-4-5-7-11-8/h7-8,10H,4-6H2,1-3H3. The first-order chi connectivity index (χ1) is 5.11. The molecular formula is C9H18NO. The summed E-state index contributed by atoms with van der Waals surface area (Å²) in [5.74, 6) is 0. The first-order valence-corrected chi connectivity index (χ1v) is 4.31. The zero-order valence-corrected chi connectivity index (χ0v) is 7.68. The Morgan fingerprint density at radius 2 is 2.18 bits per heavy atom. The molecule has 1 rings (SSSR count). The molecule has 1 aliphatic rings. The van der Waals surface area contributed by atoms with Gasteiger partial charge in [-0.15, -0.1) is 0 Å². The van der Waals surface area contributed by atoms with E-state index in [2.05, 4.69) is 26.1 Å². The number of rotatable bonds is 0. The minimum absolute atomic E-state index is 0.185. The summed E-state index contributed by atoms with van der Waals surface area (Å²) in [4.78, 5) is 0. The summed E-state index contributed by atoms with van der Waals surface area (Å²) in [6.07, 6.45) is 2.44. The molecule has 65 valence electrons. The van der Waals surface area contributed by atoms with Crippen LogP contribution in [-0.2, 0) is 4.74 Å². The van der Waals surface area contributed by atoms with E-state index in [-0.39, 0.29) is 11.6 Å². The fraction of sp³-hybridized carbons (Fsp3) is 0.889. The molecule has 0 aromatic carbocycles. The Balaban J connectivity index is 2.43. The van der Waals surface area contributed by atoms with Crippen molar-refractivity contribution in [3.63, 3.8) is 0 Å². The maximum Gasteiger partial charge on any atom is 0.113 e. The molecule has 1 unspecified atom stereocenters. The molecule has 1 heterocycles. The summed E-state index contributed by atoms with van der Waals surface area (Å²) in [6.45, 7) is 9.55. The van der Waals surface area contributed by atoms with Crippen LogP contribution in [0.1, 0.15) is 33.6 Å². The third-order valence-electron chi connectivity index (χ3n) is 1.85. The van der Waals surface area contributed by atoms with Crippen molar-refractivity contribution >= 4 is 0 Å². The Bertz CT molecular complexity index is 109. The van der Waals surface area contributed by atoms with Gasteiger partial charge in [-0.25, -0.2) is 0 Å². The molecule has 1 atom stereocenters. The fourth-order valence-corrected chi connectivity index (χ4v) is 1.14. The summed E-state index contributed by atoms with van der Waals surface area (Å²) in [5.41, 5.74) is 0.195. The molecule has 0 bridgehead atoms. The van der Waals surface area contributed by atoms with Crippen molar-refractivity contribution in [3.8, 4) is 0 Å². The highest BCUT2D eigenvalue weighted by molar-refractivity contribution is 4.76. The molecule has 1 radical (unpaired) electrons. The lowest BCUT2D eigenvalue weighted by Crippen LogP contribution is -2.41. The van der Waals surface area contributed by atoms with Gasteiger partial charge in [0.05, 0.1) is 6.61 Å². The second-order valence-electron chi connectivity index (χ2n) is 4.15. The van der Waals surface area contributed by atoms with Crippen LogP contribution >= 0.6 is 0 Å². The van der Waals surface area contributed by atoms with Crippen LogP contribution in [0, 0.1) is 12.0 Å². The smallest absolute Gasteiger partial charge is 0.113 e. The molecule has 0 spiro atoms. The highest BCUT2D eigenvalue weighted by Crippen LogP contribution is 2.22. The summed E-state index contributed by atoms with van der Waals surface area (Å²) in [7, 11) is 0. The molecule has 2 nitrogen and oxygen atoms in total. The SMILES string of the molecule is CC(C)(C)C1NCCC[CH]O1. The number of nitrogens with one attached hydrogen (secondary N) is 1. The highest BCUT2D eigenvalue weighted by atomic mass is 16.5. The first-order valence-electron chi connectivity index (χ1n) is 4.31. The van der Waals surface area contributed by atoms with Gasteiger partial charge in [-0.2, -0.15) is 0 Å². The molecule has 0 aromatic heterocycles. The third-order valence-corrected chi connectivity index (χ3v) is 1.85. The largest absolute Gasteiger partial charge is 0.357 e. The molecule has 1 aliphatic heterocycles. The third kappa shape index (κ3) is 2.80. The lowest BCUT2D eigenvalue weighted by molar-refractivity contribution is 0.00203. The normalized spacial score (nSPS) is 28.1. The van der Waals surface area contributed by atoms with Gasteiger partial charge in [0.25, 0.3) is 0 Å². The van der Waals surface area contributed by atoms with Crippen molar-refractivity contribution in [1.82, 2.24) is 5.32 Å². The second kappa shape index (κ2) is 3.55. The van der Waals surface area contributed by atoms with Crippen LogP contribution in [0.2, 0.25) is 0 Å². The first kappa shape index (κ1) is 9.01. The maximum absolute atomic E-state index is 5.53. The number of hydrogen-bond acceptors (Lipinski definition) is 2. The summed E-state index contributed by atoms with van der Waals surface area (Å²) >= 11 is 0. The molecule has 1 N–H and O–H groups in total. The van der Waals surface area contributed by atoms with Gasteiger partial charge in [-0.05, 0) is 19.4 Å². The Morgan fingerprint density at radius 3 is 2.82 bits per heavy atom. The lowest BCUT2D eigenvalue weighted by atomic mass is 9.94. The van der Waals surface area contributed by atoms with E-state index in [1.807, 2.05) is 6.61 Å². The van der Waals surface area contributed by atoms with Gasteiger partial charge in [0.15, 0.2) is 0 Å². The van der Waals surface area contributed by atoms with Gasteiger partial charge in [0, 0.05) is 5.41 Å². The Labute approximate surface area is 69.3 Å². The summed E-state index contributed by atoms with van der Waals surface area (Å²) in [6, 6.07) is 0. The zero-order valence-electron chi connectivity index (χ0n) is 7.68. The van der Waals surface area contributed by atoms with Crippen LogP contribution in [0.25, 0.3) is 0 Å². The van der Waals surface area contributed by atoms with Gasteiger partial charge >= 0.3 is 0 Å². The molecule has 0 amide bonds. The van der Waals surface area contributed by atoms with Gasteiger partial charge in [-0.3, -0.25) is 5.32 Å². The van der Waals surface area contributed by atoms with E-state index in [1.165, 1.54) is 6.42 Å². The van der Waals surface area contributed by atoms with Crippen LogP contribution in [0.5, 0.6) is 0 Å². The minimum atomic E-state index is 0.185. The average Bonchev–Trinajstić information content (AvgIpc) is 2.10. The van der Waals surface area contributed by atoms with E-state index in [9.17, 15) is 0 Å². The van der Waals surface area contributed by atoms with Crippen LogP contribution in [0.15, 0.2) is 0 Å². The van der Waals surface area contributed by atoms with Crippen LogP contribution < -0.4 is 5.32 Å². The van der Waals surface area contributed by atoms with E-state index >= 15 is 0 Å². The van der Waals surface area contributed by atoms with E-state index in [0.29, 0.717) is 0 Å². The number of hydrogen-bond donors (Lipinski definition) is 1. The topological polar surface area (TPSA) is 21.3 Å². The van der Waals surface area contributed by atoms with E-state index in [0.717, 1.165) is 13.0 Å². The van der Waals surface area contributed by atoms with Crippen molar-refractivity contribution in [1.29, 1.82) is 0 Å². The van der Waals surface area contributed by atoms with Gasteiger partial charge in [0.1, 0.15) is 6.23 Å². The number of ether oxygens (including phenoxy) is 1. The van der Waals surface area contributed by atoms with Crippen LogP contribution in [0.3, 0.4) is 0 Å². The highest BCUT2D eigenvalue weighted by Gasteiger charge is 2.25. The molecule has 0 aliphatic carbocycles. The molecule has 0 saturated carbocycles. The second-order valence-corrected chi connectivity index (χ2v) is 4.15. The van der Waals surface area contributed by atoms with Crippen LogP contribution in [0.4, 0.5) is 0 Å². The molecule has 1 fully saturated rings.